The number of nitrogens with one attached hydrogen (secondary N) is 1. The molecule has 3 rings (SSSR count). The molecular weight excluding hydrogens is 320 g/mol. The van der Waals surface area contributed by atoms with Crippen LogP contribution in [0.15, 0.2) is 16.9 Å². The molecule has 0 radical (unpaired) electrons. The molecule has 1 amide bonds. The molecule has 0 spiro atoms. The Bertz CT molecular complexity index is 759. The number of nitrogens with zero attached hydrogens (tertiary/aromatic N) is 5. The molecule has 136 valence electrons. The maximum absolute atomic E-state index is 11.7. The molecule has 8 heteroatoms. The molecule has 25 heavy (non-hydrogen) atoms. The highest BCUT2D eigenvalue weighted by Crippen LogP contribution is 2.32. The van der Waals surface area contributed by atoms with Crippen molar-refractivity contribution in [3.63, 3.8) is 0 Å². The molecule has 3 heterocycles. The summed E-state index contributed by atoms with van der Waals surface area (Å²) in [7, 11) is 0. The minimum absolute atomic E-state index is 0.0372. The van der Waals surface area contributed by atoms with Gasteiger partial charge in [0.15, 0.2) is 5.82 Å². The molecule has 1 aliphatic heterocycles. The van der Waals surface area contributed by atoms with Crippen molar-refractivity contribution in [1.82, 2.24) is 30.1 Å². The number of aryl methyl sites for hydroxylation is 1. The first kappa shape index (κ1) is 17.6. The largest absolute Gasteiger partial charge is 0.341 e. The monoisotopic (exact) mass is 346 g/mol. The third kappa shape index (κ3) is 3.73. The second-order valence-electron chi connectivity index (χ2n) is 7.83. The van der Waals surface area contributed by atoms with Crippen LogP contribution in [0.25, 0.3) is 0 Å². The van der Waals surface area contributed by atoms with Crippen LogP contribution < -0.4 is 5.32 Å². The molecule has 0 aromatic carbocycles. The van der Waals surface area contributed by atoms with E-state index in [1.165, 1.54) is 6.92 Å². The van der Waals surface area contributed by atoms with E-state index in [9.17, 15) is 4.79 Å². The van der Waals surface area contributed by atoms with Gasteiger partial charge in [-0.15, -0.1) is 0 Å². The Morgan fingerprint density at radius 3 is 2.76 bits per heavy atom. The van der Waals surface area contributed by atoms with Crippen LogP contribution in [-0.4, -0.2) is 43.8 Å². The summed E-state index contributed by atoms with van der Waals surface area (Å²) < 4.78 is 7.35. The topological polar surface area (TPSA) is 89.1 Å². The lowest BCUT2D eigenvalue weighted by atomic mass is 9.98. The summed E-state index contributed by atoms with van der Waals surface area (Å²) in [6.07, 6.45) is 4.72. The average Bonchev–Trinajstić information content (AvgIpc) is 3.19. The third-order valence-corrected chi connectivity index (χ3v) is 4.43. The molecular formula is C17H26N6O2. The molecule has 1 saturated heterocycles. The predicted molar refractivity (Wildman–Crippen MR) is 91.6 cm³/mol. The maximum Gasteiger partial charge on any atom is 0.253 e. The molecule has 1 fully saturated rings. The summed E-state index contributed by atoms with van der Waals surface area (Å²) >= 11 is 0. The number of aromatic nitrogens is 4. The number of hydrogen-bond acceptors (Lipinski definition) is 6. The van der Waals surface area contributed by atoms with Crippen molar-refractivity contribution in [1.29, 1.82) is 0 Å². The number of carbonyl (C=O) groups is 1. The smallest absolute Gasteiger partial charge is 0.253 e. The zero-order valence-electron chi connectivity index (χ0n) is 15.5. The van der Waals surface area contributed by atoms with E-state index in [2.05, 4.69) is 52.4 Å². The van der Waals surface area contributed by atoms with Crippen molar-refractivity contribution in [3.8, 4) is 0 Å². The summed E-state index contributed by atoms with van der Waals surface area (Å²) in [6, 6.07) is 0. The van der Waals surface area contributed by atoms with E-state index in [1.807, 2.05) is 10.9 Å². The van der Waals surface area contributed by atoms with Crippen molar-refractivity contribution in [2.75, 3.05) is 13.1 Å². The van der Waals surface area contributed by atoms with Gasteiger partial charge in [-0.05, 0) is 34.1 Å². The second-order valence-corrected chi connectivity index (χ2v) is 7.83. The first-order chi connectivity index (χ1) is 11.7. The Hall–Kier alpha value is -2.22. The van der Waals surface area contributed by atoms with Crippen LogP contribution in [0, 0.1) is 6.92 Å². The maximum atomic E-state index is 11.7. The molecule has 0 aliphatic carbocycles. The highest BCUT2D eigenvalue weighted by Gasteiger charge is 2.45. The van der Waals surface area contributed by atoms with E-state index >= 15 is 0 Å². The summed E-state index contributed by atoms with van der Waals surface area (Å²) in [4.78, 5) is 18.4. The quantitative estimate of drug-likeness (QED) is 0.904. The number of amides is 1. The second kappa shape index (κ2) is 6.25. The van der Waals surface area contributed by atoms with Gasteiger partial charge in [0, 0.05) is 38.3 Å². The van der Waals surface area contributed by atoms with Crippen LogP contribution in [0.5, 0.6) is 0 Å². The van der Waals surface area contributed by atoms with Gasteiger partial charge in [-0.25, -0.2) is 0 Å². The van der Waals surface area contributed by atoms with Crippen LogP contribution in [0.1, 0.15) is 51.4 Å². The van der Waals surface area contributed by atoms with E-state index in [-0.39, 0.29) is 11.4 Å². The van der Waals surface area contributed by atoms with Crippen LogP contribution in [0.2, 0.25) is 0 Å². The lowest BCUT2D eigenvalue weighted by Crippen LogP contribution is -2.47. The van der Waals surface area contributed by atoms with Gasteiger partial charge in [0.1, 0.15) is 5.54 Å². The van der Waals surface area contributed by atoms with Gasteiger partial charge in [0.2, 0.25) is 5.91 Å². The van der Waals surface area contributed by atoms with Gasteiger partial charge in [-0.2, -0.15) is 10.1 Å². The van der Waals surface area contributed by atoms with Crippen molar-refractivity contribution in [3.05, 3.63) is 29.7 Å². The fourth-order valence-electron chi connectivity index (χ4n) is 3.25. The fourth-order valence-corrected chi connectivity index (χ4v) is 3.25. The minimum Gasteiger partial charge on any atom is -0.341 e. The molecule has 0 saturated carbocycles. The highest BCUT2D eigenvalue weighted by atomic mass is 16.5. The predicted octanol–water partition coefficient (Wildman–Crippen LogP) is 1.57. The van der Waals surface area contributed by atoms with Gasteiger partial charge < -0.3 is 9.84 Å². The first-order valence-corrected chi connectivity index (χ1v) is 8.54. The van der Waals surface area contributed by atoms with E-state index in [1.54, 1.807) is 6.92 Å². The average molecular weight is 346 g/mol. The molecule has 1 unspecified atom stereocenters. The number of carbonyl (C=O) groups excluding carboxylic acids is 1. The third-order valence-electron chi connectivity index (χ3n) is 4.43. The van der Waals surface area contributed by atoms with Crippen LogP contribution >= 0.6 is 0 Å². The lowest BCUT2D eigenvalue weighted by Gasteiger charge is -2.26. The van der Waals surface area contributed by atoms with Crippen molar-refractivity contribution < 1.29 is 9.32 Å². The number of rotatable bonds is 4. The van der Waals surface area contributed by atoms with Gasteiger partial charge in [0.25, 0.3) is 5.89 Å². The van der Waals surface area contributed by atoms with E-state index in [0.717, 1.165) is 25.1 Å². The molecule has 0 bridgehead atoms. The summed E-state index contributed by atoms with van der Waals surface area (Å²) in [6.45, 7) is 11.9. The molecule has 8 nitrogen and oxygen atoms in total. The SMILES string of the molecule is CC(=O)NC1(c2nc(C)no2)CCN(Cc2cnn(C(C)(C)C)c2)C1. The molecule has 1 N–H and O–H groups in total. The van der Waals surface area contributed by atoms with Crippen molar-refractivity contribution in [2.24, 2.45) is 0 Å². The standard InChI is InChI=1S/C17H26N6O2/c1-12-19-15(25-21-12)17(20-13(2)24)6-7-22(11-17)9-14-8-18-23(10-14)16(3,4)5/h8,10H,6-7,9,11H2,1-5H3,(H,20,24). The summed E-state index contributed by atoms with van der Waals surface area (Å²) in [5.74, 6) is 0.955. The zero-order valence-corrected chi connectivity index (χ0v) is 15.5. The normalized spacial score (nSPS) is 21.6. The van der Waals surface area contributed by atoms with E-state index < -0.39 is 5.54 Å². The van der Waals surface area contributed by atoms with Gasteiger partial charge in [0.05, 0.1) is 11.7 Å². The van der Waals surface area contributed by atoms with Gasteiger partial charge >= 0.3 is 0 Å². The Balaban J connectivity index is 1.75. The Labute approximate surface area is 147 Å². The van der Waals surface area contributed by atoms with Crippen molar-refractivity contribution in [2.45, 2.75) is 58.7 Å². The van der Waals surface area contributed by atoms with Crippen molar-refractivity contribution >= 4 is 5.91 Å². The van der Waals surface area contributed by atoms with Crippen LogP contribution in [0.3, 0.4) is 0 Å². The van der Waals surface area contributed by atoms with E-state index in [0.29, 0.717) is 18.3 Å². The molecule has 1 aliphatic rings. The molecule has 2 aromatic rings. The summed E-state index contributed by atoms with van der Waals surface area (Å²) in [5, 5.41) is 11.4. The summed E-state index contributed by atoms with van der Waals surface area (Å²) in [5.41, 5.74) is 0.493. The van der Waals surface area contributed by atoms with E-state index in [4.69, 9.17) is 4.52 Å². The van der Waals surface area contributed by atoms with Gasteiger partial charge in [-0.3, -0.25) is 14.4 Å². The number of hydrogen-bond donors (Lipinski definition) is 1. The Morgan fingerprint density at radius 1 is 1.44 bits per heavy atom. The number of likely N-dealkylation sites (tertiary alicyclic amines) is 1. The zero-order chi connectivity index (χ0) is 18.2. The molecule has 1 atom stereocenters. The van der Waals surface area contributed by atoms with Gasteiger partial charge in [-0.1, -0.05) is 5.16 Å². The Kier molecular flexibility index (Phi) is 4.40. The van der Waals surface area contributed by atoms with Crippen LogP contribution in [-0.2, 0) is 22.4 Å². The minimum atomic E-state index is -0.618. The lowest BCUT2D eigenvalue weighted by molar-refractivity contribution is -0.121. The van der Waals surface area contributed by atoms with Crippen LogP contribution in [0.4, 0.5) is 0 Å². The first-order valence-electron chi connectivity index (χ1n) is 8.54. The fraction of sp³-hybridized carbons (Fsp3) is 0.647. The highest BCUT2D eigenvalue weighted by molar-refractivity contribution is 5.74. The Morgan fingerprint density at radius 2 is 2.20 bits per heavy atom. The molecule has 2 aromatic heterocycles.